The molecule has 0 radical (unpaired) electrons. The number of rotatable bonds is 5. The summed E-state index contributed by atoms with van der Waals surface area (Å²) in [6.45, 7) is 3.24. The van der Waals surface area contributed by atoms with Gasteiger partial charge in [0.05, 0.1) is 34.5 Å². The number of halogens is 3. The molecule has 1 aromatic carbocycles. The molecule has 3 aromatic rings. The first kappa shape index (κ1) is 21.0. The SMILES string of the molecule is COC1(C)CN(c2nc(N[C@H]3C[C@@H](O)C3)nc3c2cnn3-c2cccc(C(F)(F)F)c2)C1. The van der Waals surface area contributed by atoms with Crippen molar-refractivity contribution >= 4 is 22.8 Å². The monoisotopic (exact) mass is 448 g/mol. The zero-order chi connectivity index (χ0) is 22.7. The largest absolute Gasteiger partial charge is 0.416 e. The minimum atomic E-state index is -4.46. The van der Waals surface area contributed by atoms with Gasteiger partial charge in [-0.25, -0.2) is 4.68 Å². The number of nitrogens with zero attached hydrogens (tertiary/aromatic N) is 5. The van der Waals surface area contributed by atoms with Gasteiger partial charge >= 0.3 is 6.18 Å². The molecule has 0 atom stereocenters. The van der Waals surface area contributed by atoms with E-state index in [4.69, 9.17) is 4.74 Å². The van der Waals surface area contributed by atoms with Crippen molar-refractivity contribution in [2.75, 3.05) is 30.4 Å². The van der Waals surface area contributed by atoms with E-state index in [9.17, 15) is 18.3 Å². The van der Waals surface area contributed by atoms with Crippen LogP contribution in [-0.2, 0) is 10.9 Å². The number of nitrogens with one attached hydrogen (secondary N) is 1. The summed E-state index contributed by atoms with van der Waals surface area (Å²) in [6, 6.07) is 5.03. The zero-order valence-electron chi connectivity index (χ0n) is 17.6. The Kier molecular flexibility index (Phi) is 4.79. The Morgan fingerprint density at radius 2 is 1.97 bits per heavy atom. The number of aliphatic hydroxyl groups excluding tert-OH is 1. The number of hydrogen-bond donors (Lipinski definition) is 2. The van der Waals surface area contributed by atoms with Crippen LogP contribution in [0.25, 0.3) is 16.7 Å². The predicted octanol–water partition coefficient (Wildman–Crippen LogP) is 2.99. The van der Waals surface area contributed by atoms with Crippen molar-refractivity contribution in [1.29, 1.82) is 0 Å². The van der Waals surface area contributed by atoms with E-state index < -0.39 is 11.7 Å². The fraction of sp³-hybridized carbons (Fsp3) is 0.476. The summed E-state index contributed by atoms with van der Waals surface area (Å²) < 4.78 is 46.6. The molecule has 1 saturated heterocycles. The lowest BCUT2D eigenvalue weighted by atomic mass is 9.90. The Bertz CT molecular complexity index is 1150. The highest BCUT2D eigenvalue weighted by molar-refractivity contribution is 5.89. The molecule has 0 amide bonds. The Morgan fingerprint density at radius 3 is 2.62 bits per heavy atom. The van der Waals surface area contributed by atoms with E-state index in [0.29, 0.717) is 48.7 Å². The first-order chi connectivity index (χ1) is 15.1. The summed E-state index contributed by atoms with van der Waals surface area (Å²) in [7, 11) is 1.66. The van der Waals surface area contributed by atoms with Gasteiger partial charge in [-0.2, -0.15) is 28.2 Å². The lowest BCUT2D eigenvalue weighted by molar-refractivity contribution is -0.137. The molecule has 32 heavy (non-hydrogen) atoms. The van der Waals surface area contributed by atoms with E-state index in [1.54, 1.807) is 19.4 Å². The van der Waals surface area contributed by atoms with Crippen molar-refractivity contribution in [3.8, 4) is 5.69 Å². The van der Waals surface area contributed by atoms with Crippen LogP contribution in [0.4, 0.5) is 24.9 Å². The second kappa shape index (κ2) is 7.31. The average Bonchev–Trinajstić information content (AvgIpc) is 3.13. The highest BCUT2D eigenvalue weighted by Crippen LogP contribution is 2.36. The van der Waals surface area contributed by atoms with Gasteiger partial charge in [-0.05, 0) is 38.0 Å². The van der Waals surface area contributed by atoms with Crippen LogP contribution in [0, 0.1) is 0 Å². The van der Waals surface area contributed by atoms with Crippen LogP contribution < -0.4 is 10.2 Å². The van der Waals surface area contributed by atoms with Gasteiger partial charge in [-0.3, -0.25) is 0 Å². The molecular formula is C21H23F3N6O2. The third-order valence-electron chi connectivity index (χ3n) is 6.12. The van der Waals surface area contributed by atoms with Crippen molar-refractivity contribution in [3.05, 3.63) is 36.0 Å². The molecular weight excluding hydrogens is 425 g/mol. The molecule has 3 heterocycles. The normalized spacial score (nSPS) is 22.5. The lowest BCUT2D eigenvalue weighted by Gasteiger charge is -2.47. The highest BCUT2D eigenvalue weighted by atomic mass is 19.4. The number of benzene rings is 1. The summed E-state index contributed by atoms with van der Waals surface area (Å²) in [5, 5.41) is 17.8. The number of ether oxygens (including phenoxy) is 1. The molecule has 1 aliphatic carbocycles. The zero-order valence-corrected chi connectivity index (χ0v) is 17.6. The molecule has 1 saturated carbocycles. The number of methoxy groups -OCH3 is 1. The standard InChI is InChI=1S/C21H23F3N6O2/c1-20(32-2)10-29(11-20)17-16-9-25-30(14-5-3-4-12(6-14)21(22,23)24)18(16)28-19(27-17)26-13-7-15(31)8-13/h3-6,9,13,15,31H,7-8,10-11H2,1-2H3,(H,26,27,28)/t13-,15+. The van der Waals surface area contributed by atoms with Gasteiger partial charge in [-0.15, -0.1) is 0 Å². The molecule has 8 nitrogen and oxygen atoms in total. The van der Waals surface area contributed by atoms with Gasteiger partial charge in [0.15, 0.2) is 5.65 Å². The molecule has 11 heteroatoms. The average molecular weight is 448 g/mol. The van der Waals surface area contributed by atoms with Crippen molar-refractivity contribution in [3.63, 3.8) is 0 Å². The summed E-state index contributed by atoms with van der Waals surface area (Å²) >= 11 is 0. The lowest BCUT2D eigenvalue weighted by Crippen LogP contribution is -2.61. The smallest absolute Gasteiger partial charge is 0.393 e. The number of fused-ring (bicyclic) bond motifs is 1. The summed E-state index contributed by atoms with van der Waals surface area (Å²) in [5.74, 6) is 0.995. The van der Waals surface area contributed by atoms with E-state index >= 15 is 0 Å². The van der Waals surface area contributed by atoms with E-state index in [0.717, 1.165) is 12.1 Å². The minimum Gasteiger partial charge on any atom is -0.393 e. The second-order valence-corrected chi connectivity index (χ2v) is 8.69. The maximum absolute atomic E-state index is 13.2. The van der Waals surface area contributed by atoms with Gasteiger partial charge in [0.2, 0.25) is 5.95 Å². The molecule has 5 rings (SSSR count). The topological polar surface area (TPSA) is 88.3 Å². The van der Waals surface area contributed by atoms with Crippen molar-refractivity contribution < 1.29 is 23.0 Å². The van der Waals surface area contributed by atoms with Crippen LogP contribution in [0.15, 0.2) is 30.5 Å². The van der Waals surface area contributed by atoms with E-state index in [1.165, 1.54) is 10.7 Å². The van der Waals surface area contributed by atoms with Gasteiger partial charge in [0.25, 0.3) is 0 Å². The van der Waals surface area contributed by atoms with Crippen LogP contribution in [-0.4, -0.2) is 62.8 Å². The summed E-state index contributed by atoms with van der Waals surface area (Å²) in [5.41, 5.74) is -0.383. The Labute approximate surface area is 182 Å². The van der Waals surface area contributed by atoms with Crippen LogP contribution in [0.2, 0.25) is 0 Å². The first-order valence-electron chi connectivity index (χ1n) is 10.3. The third-order valence-corrected chi connectivity index (χ3v) is 6.12. The van der Waals surface area contributed by atoms with E-state index in [1.807, 2.05) is 11.8 Å². The number of alkyl halides is 3. The van der Waals surface area contributed by atoms with Gasteiger partial charge in [0.1, 0.15) is 5.82 Å². The predicted molar refractivity (Wildman–Crippen MR) is 112 cm³/mol. The fourth-order valence-corrected chi connectivity index (χ4v) is 4.13. The number of aromatic nitrogens is 4. The molecule has 170 valence electrons. The van der Waals surface area contributed by atoms with Crippen molar-refractivity contribution in [2.45, 2.75) is 43.7 Å². The highest BCUT2D eigenvalue weighted by Gasteiger charge is 2.41. The molecule has 2 aliphatic rings. The Balaban J connectivity index is 1.57. The maximum Gasteiger partial charge on any atom is 0.416 e. The Morgan fingerprint density at radius 1 is 1.22 bits per heavy atom. The Hall–Kier alpha value is -2.92. The van der Waals surface area contributed by atoms with Crippen molar-refractivity contribution in [1.82, 2.24) is 19.7 Å². The number of aliphatic hydroxyl groups is 1. The quantitative estimate of drug-likeness (QED) is 0.620. The van der Waals surface area contributed by atoms with Crippen LogP contribution in [0.3, 0.4) is 0 Å². The fourth-order valence-electron chi connectivity index (χ4n) is 4.13. The van der Waals surface area contributed by atoms with Gasteiger partial charge in [-0.1, -0.05) is 6.07 Å². The van der Waals surface area contributed by atoms with Gasteiger partial charge < -0.3 is 20.1 Å². The summed E-state index contributed by atoms with van der Waals surface area (Å²) in [4.78, 5) is 11.3. The number of anilines is 2. The number of hydrogen-bond acceptors (Lipinski definition) is 7. The molecule has 0 bridgehead atoms. The third kappa shape index (κ3) is 3.65. The van der Waals surface area contributed by atoms with Crippen LogP contribution >= 0.6 is 0 Å². The molecule has 2 N–H and O–H groups in total. The minimum absolute atomic E-state index is 0.0425. The molecule has 1 aliphatic heterocycles. The molecule has 0 unspecified atom stereocenters. The van der Waals surface area contributed by atoms with Crippen LogP contribution in [0.5, 0.6) is 0 Å². The maximum atomic E-state index is 13.2. The van der Waals surface area contributed by atoms with E-state index in [2.05, 4.69) is 20.4 Å². The van der Waals surface area contributed by atoms with Gasteiger partial charge in [0, 0.05) is 26.2 Å². The van der Waals surface area contributed by atoms with E-state index in [-0.39, 0.29) is 23.4 Å². The van der Waals surface area contributed by atoms with Crippen LogP contribution in [0.1, 0.15) is 25.3 Å². The first-order valence-corrected chi connectivity index (χ1v) is 10.3. The van der Waals surface area contributed by atoms with Crippen molar-refractivity contribution in [2.24, 2.45) is 0 Å². The molecule has 0 spiro atoms. The molecule has 2 fully saturated rings. The second-order valence-electron chi connectivity index (χ2n) is 8.69. The molecule has 2 aromatic heterocycles. The summed E-state index contributed by atoms with van der Waals surface area (Å²) in [6.07, 6.45) is -2.04.